The van der Waals surface area contributed by atoms with Crippen molar-refractivity contribution >= 4 is 10.8 Å². The van der Waals surface area contributed by atoms with Crippen LogP contribution < -0.4 is 0 Å². The fourth-order valence-corrected chi connectivity index (χ4v) is 4.22. The standard InChI is InChI=1S/C30H31F/c1-3-4-5-6-7-8-23-11-15-24(16-12-23)26-17-19-29-27(21-26)18-20-28(30(29)31)25-13-9-22(2)10-14-25/h9-21H,3-8H2,1-2H3. The van der Waals surface area contributed by atoms with Crippen LogP contribution in [-0.4, -0.2) is 0 Å². The number of benzene rings is 4. The van der Waals surface area contributed by atoms with Crippen molar-refractivity contribution < 1.29 is 4.39 Å². The van der Waals surface area contributed by atoms with Gasteiger partial charge in [0.1, 0.15) is 5.82 Å². The predicted molar refractivity (Wildman–Crippen MR) is 132 cm³/mol. The molecule has 4 aromatic carbocycles. The van der Waals surface area contributed by atoms with Crippen molar-refractivity contribution in [2.75, 3.05) is 0 Å². The average Bonchev–Trinajstić information content (AvgIpc) is 2.80. The average molecular weight is 411 g/mol. The van der Waals surface area contributed by atoms with E-state index in [2.05, 4.69) is 37.3 Å². The highest BCUT2D eigenvalue weighted by Gasteiger charge is 2.10. The van der Waals surface area contributed by atoms with Crippen LogP contribution in [0.2, 0.25) is 0 Å². The summed E-state index contributed by atoms with van der Waals surface area (Å²) in [5, 5.41) is 1.61. The van der Waals surface area contributed by atoms with Gasteiger partial charge in [-0.1, -0.05) is 111 Å². The second-order valence-electron chi connectivity index (χ2n) is 8.59. The summed E-state index contributed by atoms with van der Waals surface area (Å²) in [6.45, 7) is 4.30. The van der Waals surface area contributed by atoms with Crippen LogP contribution in [0.15, 0.2) is 78.9 Å². The third-order valence-electron chi connectivity index (χ3n) is 6.17. The lowest BCUT2D eigenvalue weighted by molar-refractivity contribution is 0.632. The molecule has 0 N–H and O–H groups in total. The Kier molecular flexibility index (Phi) is 6.82. The molecule has 0 heterocycles. The normalized spacial score (nSPS) is 11.2. The lowest BCUT2D eigenvalue weighted by atomic mass is 9.96. The number of hydrogen-bond donors (Lipinski definition) is 0. The van der Waals surface area contributed by atoms with Crippen molar-refractivity contribution in [1.29, 1.82) is 0 Å². The van der Waals surface area contributed by atoms with Gasteiger partial charge >= 0.3 is 0 Å². The molecule has 0 spiro atoms. The molecule has 0 fully saturated rings. The Morgan fingerprint density at radius 2 is 1.32 bits per heavy atom. The van der Waals surface area contributed by atoms with Gasteiger partial charge in [0.25, 0.3) is 0 Å². The van der Waals surface area contributed by atoms with Gasteiger partial charge in [0.15, 0.2) is 0 Å². The molecule has 4 rings (SSSR count). The van der Waals surface area contributed by atoms with Gasteiger partial charge in [-0.25, -0.2) is 4.39 Å². The minimum Gasteiger partial charge on any atom is -0.206 e. The first kappa shape index (κ1) is 21.3. The lowest BCUT2D eigenvalue weighted by Crippen LogP contribution is -1.89. The van der Waals surface area contributed by atoms with E-state index in [0.29, 0.717) is 10.9 Å². The Morgan fingerprint density at radius 1 is 0.645 bits per heavy atom. The maximum atomic E-state index is 15.2. The van der Waals surface area contributed by atoms with E-state index < -0.39 is 0 Å². The number of unbranched alkanes of at least 4 members (excludes halogenated alkanes) is 4. The first-order valence-corrected chi connectivity index (χ1v) is 11.5. The van der Waals surface area contributed by atoms with Gasteiger partial charge in [0.05, 0.1) is 0 Å². The first-order valence-electron chi connectivity index (χ1n) is 11.5. The Balaban J connectivity index is 1.53. The zero-order chi connectivity index (χ0) is 21.6. The third kappa shape index (κ3) is 5.05. The Hall–Kier alpha value is -2.93. The summed E-state index contributed by atoms with van der Waals surface area (Å²) in [5.74, 6) is -0.147. The van der Waals surface area contributed by atoms with Crippen molar-refractivity contribution in [3.05, 3.63) is 95.8 Å². The first-order chi connectivity index (χ1) is 15.2. The van der Waals surface area contributed by atoms with Gasteiger partial charge in [-0.2, -0.15) is 0 Å². The second-order valence-corrected chi connectivity index (χ2v) is 8.59. The summed E-state index contributed by atoms with van der Waals surface area (Å²) in [5.41, 5.74) is 6.46. The fraction of sp³-hybridized carbons (Fsp3) is 0.267. The van der Waals surface area contributed by atoms with E-state index in [9.17, 15) is 0 Å². The number of rotatable bonds is 8. The van der Waals surface area contributed by atoms with Crippen molar-refractivity contribution in [1.82, 2.24) is 0 Å². The van der Waals surface area contributed by atoms with E-state index in [1.165, 1.54) is 48.8 Å². The van der Waals surface area contributed by atoms with E-state index in [1.807, 2.05) is 55.5 Å². The highest BCUT2D eigenvalue weighted by molar-refractivity contribution is 5.91. The van der Waals surface area contributed by atoms with Crippen LogP contribution >= 0.6 is 0 Å². The molecular formula is C30H31F. The lowest BCUT2D eigenvalue weighted by Gasteiger charge is -2.10. The topological polar surface area (TPSA) is 0 Å². The molecule has 0 aliphatic rings. The van der Waals surface area contributed by atoms with Crippen molar-refractivity contribution in [3.8, 4) is 22.3 Å². The van der Waals surface area contributed by atoms with Gasteiger partial charge in [-0.15, -0.1) is 0 Å². The summed E-state index contributed by atoms with van der Waals surface area (Å²) in [6, 6.07) is 26.8. The molecule has 0 aliphatic heterocycles. The van der Waals surface area contributed by atoms with Crippen LogP contribution in [0.3, 0.4) is 0 Å². The molecule has 0 atom stereocenters. The molecular weight excluding hydrogens is 379 g/mol. The van der Waals surface area contributed by atoms with Crippen LogP contribution in [0.1, 0.15) is 50.2 Å². The summed E-state index contributed by atoms with van der Waals surface area (Å²) in [6.07, 6.45) is 7.70. The quantitative estimate of drug-likeness (QED) is 0.254. The minimum atomic E-state index is -0.147. The van der Waals surface area contributed by atoms with Gasteiger partial charge in [0, 0.05) is 10.9 Å². The van der Waals surface area contributed by atoms with Gasteiger partial charge < -0.3 is 0 Å². The van der Waals surface area contributed by atoms with Crippen LogP contribution in [-0.2, 0) is 6.42 Å². The Morgan fingerprint density at radius 3 is 2.06 bits per heavy atom. The van der Waals surface area contributed by atoms with Crippen molar-refractivity contribution in [3.63, 3.8) is 0 Å². The summed E-state index contributed by atoms with van der Waals surface area (Å²) >= 11 is 0. The largest absolute Gasteiger partial charge is 0.206 e. The van der Waals surface area contributed by atoms with Gasteiger partial charge in [0.2, 0.25) is 0 Å². The third-order valence-corrected chi connectivity index (χ3v) is 6.17. The van der Waals surface area contributed by atoms with E-state index >= 15 is 4.39 Å². The molecule has 0 saturated carbocycles. The second kappa shape index (κ2) is 9.92. The van der Waals surface area contributed by atoms with E-state index in [1.54, 1.807) is 0 Å². The fourth-order valence-electron chi connectivity index (χ4n) is 4.22. The van der Waals surface area contributed by atoms with Crippen molar-refractivity contribution in [2.45, 2.75) is 52.4 Å². The number of aryl methyl sites for hydroxylation is 2. The molecule has 0 unspecified atom stereocenters. The van der Waals surface area contributed by atoms with E-state index in [-0.39, 0.29) is 5.82 Å². The minimum absolute atomic E-state index is 0.147. The zero-order valence-electron chi connectivity index (χ0n) is 18.6. The SMILES string of the molecule is CCCCCCCc1ccc(-c2ccc3c(F)c(-c4ccc(C)cc4)ccc3c2)cc1. The maximum absolute atomic E-state index is 15.2. The molecule has 0 saturated heterocycles. The monoisotopic (exact) mass is 410 g/mol. The molecule has 0 nitrogen and oxygen atoms in total. The van der Waals surface area contributed by atoms with Gasteiger partial charge in [-0.05, 0) is 53.5 Å². The molecule has 0 radical (unpaired) electrons. The van der Waals surface area contributed by atoms with Crippen LogP contribution in [0.5, 0.6) is 0 Å². The predicted octanol–water partition coefficient (Wildman–Crippen LogP) is 9.13. The van der Waals surface area contributed by atoms with E-state index in [0.717, 1.165) is 22.9 Å². The maximum Gasteiger partial charge on any atom is 0.138 e. The number of fused-ring (bicyclic) bond motifs is 1. The van der Waals surface area contributed by atoms with Crippen LogP contribution in [0.4, 0.5) is 4.39 Å². The molecule has 158 valence electrons. The molecule has 0 aliphatic carbocycles. The highest BCUT2D eigenvalue weighted by Crippen LogP contribution is 2.32. The van der Waals surface area contributed by atoms with Crippen LogP contribution in [0.25, 0.3) is 33.0 Å². The zero-order valence-corrected chi connectivity index (χ0v) is 18.6. The summed E-state index contributed by atoms with van der Waals surface area (Å²) in [7, 11) is 0. The Bertz CT molecular complexity index is 1140. The molecule has 1 heteroatoms. The van der Waals surface area contributed by atoms with Crippen LogP contribution in [0, 0.1) is 12.7 Å². The summed E-state index contributed by atoms with van der Waals surface area (Å²) < 4.78 is 15.2. The molecule has 0 aromatic heterocycles. The van der Waals surface area contributed by atoms with E-state index in [4.69, 9.17) is 0 Å². The molecule has 4 aromatic rings. The summed E-state index contributed by atoms with van der Waals surface area (Å²) in [4.78, 5) is 0. The molecule has 0 bridgehead atoms. The van der Waals surface area contributed by atoms with Crippen molar-refractivity contribution in [2.24, 2.45) is 0 Å². The number of halogens is 1. The Labute approximate surface area is 185 Å². The van der Waals surface area contributed by atoms with Gasteiger partial charge in [-0.3, -0.25) is 0 Å². The highest BCUT2D eigenvalue weighted by atomic mass is 19.1. The molecule has 0 amide bonds. The molecule has 31 heavy (non-hydrogen) atoms. The number of hydrogen-bond acceptors (Lipinski definition) is 0. The smallest absolute Gasteiger partial charge is 0.138 e.